The summed E-state index contributed by atoms with van der Waals surface area (Å²) in [5.41, 5.74) is 9.87. The van der Waals surface area contributed by atoms with Crippen LogP contribution in [0.1, 0.15) is 60.4 Å². The number of aryl methyl sites for hydroxylation is 1. The number of nitrogen functional groups attached to an aromatic ring is 1. The van der Waals surface area contributed by atoms with Gasteiger partial charge >= 0.3 is 0 Å². The molecule has 1 heterocycles. The molecule has 0 amide bonds. The van der Waals surface area contributed by atoms with Crippen LogP contribution in [0.5, 0.6) is 0 Å². The number of nitrogens with zero attached hydrogens (tertiary/aromatic N) is 3. The van der Waals surface area contributed by atoms with Crippen molar-refractivity contribution in [1.29, 1.82) is 5.26 Å². The summed E-state index contributed by atoms with van der Waals surface area (Å²) >= 11 is 1.58. The molecule has 24 heavy (non-hydrogen) atoms. The summed E-state index contributed by atoms with van der Waals surface area (Å²) in [4.78, 5) is 9.06. The molecule has 2 N–H and O–H groups in total. The first kappa shape index (κ1) is 16.8. The number of nitrogens with two attached hydrogens (primary N) is 1. The van der Waals surface area contributed by atoms with Crippen molar-refractivity contribution >= 4 is 17.6 Å². The van der Waals surface area contributed by atoms with Gasteiger partial charge in [-0.3, -0.25) is 0 Å². The van der Waals surface area contributed by atoms with Crippen LogP contribution in [0.2, 0.25) is 0 Å². The van der Waals surface area contributed by atoms with Gasteiger partial charge in [0.05, 0.1) is 5.69 Å². The average Bonchev–Trinajstić information content (AvgIpc) is 2.60. The molecule has 2 aromatic rings. The van der Waals surface area contributed by atoms with Gasteiger partial charge in [-0.15, -0.1) is 0 Å². The minimum atomic E-state index is 0.319. The van der Waals surface area contributed by atoms with Crippen molar-refractivity contribution in [3.63, 3.8) is 0 Å². The molecule has 0 aliphatic heterocycles. The Kier molecular flexibility index (Phi) is 5.37. The lowest BCUT2D eigenvalue weighted by Crippen LogP contribution is -2.12. The van der Waals surface area contributed by atoms with E-state index >= 15 is 0 Å². The van der Waals surface area contributed by atoms with Crippen LogP contribution in [0.15, 0.2) is 29.4 Å². The van der Waals surface area contributed by atoms with E-state index in [1.165, 1.54) is 30.4 Å². The maximum Gasteiger partial charge on any atom is 0.190 e. The molecule has 0 spiro atoms. The molecule has 0 unspecified atom stereocenters. The number of anilines is 1. The van der Waals surface area contributed by atoms with Crippen LogP contribution in [-0.2, 0) is 5.75 Å². The molecule has 1 fully saturated rings. The Morgan fingerprint density at radius 1 is 1.25 bits per heavy atom. The third kappa shape index (κ3) is 3.88. The van der Waals surface area contributed by atoms with Gasteiger partial charge in [-0.05, 0) is 25.3 Å². The zero-order valence-electron chi connectivity index (χ0n) is 14.0. The molecule has 0 atom stereocenters. The number of hydrogen-bond acceptors (Lipinski definition) is 5. The van der Waals surface area contributed by atoms with Gasteiger partial charge in [0.2, 0.25) is 0 Å². The summed E-state index contributed by atoms with van der Waals surface area (Å²) in [6.07, 6.45) is 5.85. The van der Waals surface area contributed by atoms with Crippen molar-refractivity contribution in [3.8, 4) is 6.07 Å². The Hall–Kier alpha value is -2.06. The van der Waals surface area contributed by atoms with Crippen molar-refractivity contribution in [2.24, 2.45) is 0 Å². The van der Waals surface area contributed by atoms with Gasteiger partial charge in [0.25, 0.3) is 0 Å². The Morgan fingerprint density at radius 2 is 2.04 bits per heavy atom. The van der Waals surface area contributed by atoms with Gasteiger partial charge in [0, 0.05) is 11.7 Å². The van der Waals surface area contributed by atoms with Crippen LogP contribution >= 0.6 is 11.8 Å². The molecule has 124 valence electrons. The Balaban J connectivity index is 1.83. The van der Waals surface area contributed by atoms with Gasteiger partial charge in [-0.25, -0.2) is 9.97 Å². The smallest absolute Gasteiger partial charge is 0.190 e. The lowest BCUT2D eigenvalue weighted by atomic mass is 9.85. The first-order valence-corrected chi connectivity index (χ1v) is 9.42. The van der Waals surface area contributed by atoms with Gasteiger partial charge in [-0.2, -0.15) is 5.26 Å². The number of nitriles is 1. The van der Waals surface area contributed by atoms with Crippen LogP contribution in [0.4, 0.5) is 5.82 Å². The molecule has 1 saturated carbocycles. The Bertz CT molecular complexity index is 760. The molecule has 1 aliphatic rings. The Morgan fingerprint density at radius 3 is 2.75 bits per heavy atom. The molecule has 0 bridgehead atoms. The van der Waals surface area contributed by atoms with E-state index < -0.39 is 0 Å². The van der Waals surface area contributed by atoms with Crippen LogP contribution < -0.4 is 5.73 Å². The molecular weight excluding hydrogens is 316 g/mol. The van der Waals surface area contributed by atoms with Gasteiger partial charge in [0.1, 0.15) is 17.5 Å². The average molecular weight is 338 g/mol. The summed E-state index contributed by atoms with van der Waals surface area (Å²) in [6.45, 7) is 2.09. The molecule has 1 aromatic carbocycles. The minimum Gasteiger partial charge on any atom is -0.382 e. The first-order chi connectivity index (χ1) is 11.7. The van der Waals surface area contributed by atoms with E-state index in [4.69, 9.17) is 10.7 Å². The molecule has 1 aromatic heterocycles. The molecule has 4 nitrogen and oxygen atoms in total. The third-order valence-corrected chi connectivity index (χ3v) is 5.42. The maximum absolute atomic E-state index is 9.44. The molecular formula is C19H22N4S. The summed E-state index contributed by atoms with van der Waals surface area (Å²) in [7, 11) is 0. The van der Waals surface area contributed by atoms with E-state index in [9.17, 15) is 5.26 Å². The highest BCUT2D eigenvalue weighted by atomic mass is 32.2. The second kappa shape index (κ2) is 7.67. The van der Waals surface area contributed by atoms with Crippen molar-refractivity contribution in [1.82, 2.24) is 9.97 Å². The second-order valence-electron chi connectivity index (χ2n) is 6.38. The van der Waals surface area contributed by atoms with E-state index in [2.05, 4.69) is 42.2 Å². The normalized spacial score (nSPS) is 15.2. The maximum atomic E-state index is 9.44. The standard InChI is InChI=1S/C19H22N4S/c1-13-6-5-7-14(10-13)12-24-19-22-17(15-8-3-2-4-9-15)16(11-20)18(21)23-19/h5-7,10,15H,2-4,8-9,12H2,1H3,(H2,21,22,23). The van der Waals surface area contributed by atoms with Crippen LogP contribution in [0, 0.1) is 18.3 Å². The van der Waals surface area contributed by atoms with E-state index in [0.717, 1.165) is 24.3 Å². The van der Waals surface area contributed by atoms with Crippen LogP contribution in [-0.4, -0.2) is 9.97 Å². The highest BCUT2D eigenvalue weighted by molar-refractivity contribution is 7.98. The van der Waals surface area contributed by atoms with E-state index in [-0.39, 0.29) is 0 Å². The third-order valence-electron chi connectivity index (χ3n) is 4.50. The fourth-order valence-corrected chi connectivity index (χ4v) is 4.08. The quantitative estimate of drug-likeness (QED) is 0.652. The second-order valence-corrected chi connectivity index (χ2v) is 7.32. The topological polar surface area (TPSA) is 75.6 Å². The molecule has 5 heteroatoms. The van der Waals surface area contributed by atoms with E-state index in [1.54, 1.807) is 11.8 Å². The predicted molar refractivity (Wildman–Crippen MR) is 97.7 cm³/mol. The van der Waals surface area contributed by atoms with Crippen molar-refractivity contribution in [2.75, 3.05) is 5.73 Å². The number of hydrogen-bond donors (Lipinski definition) is 1. The number of thioether (sulfide) groups is 1. The highest BCUT2D eigenvalue weighted by Crippen LogP contribution is 2.35. The van der Waals surface area contributed by atoms with Crippen LogP contribution in [0.25, 0.3) is 0 Å². The van der Waals surface area contributed by atoms with Crippen LogP contribution in [0.3, 0.4) is 0 Å². The highest BCUT2D eigenvalue weighted by Gasteiger charge is 2.23. The number of rotatable bonds is 4. The van der Waals surface area contributed by atoms with Gasteiger partial charge in [-0.1, -0.05) is 60.9 Å². The first-order valence-electron chi connectivity index (χ1n) is 8.43. The minimum absolute atomic E-state index is 0.319. The molecule has 1 aliphatic carbocycles. The Labute approximate surface area is 147 Å². The SMILES string of the molecule is Cc1cccc(CSc2nc(N)c(C#N)c(C3CCCCC3)n2)c1. The largest absolute Gasteiger partial charge is 0.382 e. The molecule has 3 rings (SSSR count). The van der Waals surface area contributed by atoms with Gasteiger partial charge < -0.3 is 5.73 Å². The fraction of sp³-hybridized carbons (Fsp3) is 0.421. The molecule has 0 radical (unpaired) electrons. The van der Waals surface area contributed by atoms with E-state index in [0.29, 0.717) is 22.5 Å². The van der Waals surface area contributed by atoms with Crippen molar-refractivity contribution < 1.29 is 0 Å². The van der Waals surface area contributed by atoms with Gasteiger partial charge in [0.15, 0.2) is 5.16 Å². The van der Waals surface area contributed by atoms with E-state index in [1.807, 2.05) is 0 Å². The summed E-state index contributed by atoms with van der Waals surface area (Å²) in [5, 5.41) is 10.1. The lowest BCUT2D eigenvalue weighted by molar-refractivity contribution is 0.433. The fourth-order valence-electron chi connectivity index (χ4n) is 3.27. The van der Waals surface area contributed by atoms with Crippen molar-refractivity contribution in [2.45, 2.75) is 55.9 Å². The number of benzene rings is 1. The zero-order chi connectivity index (χ0) is 16.9. The number of aromatic nitrogens is 2. The lowest BCUT2D eigenvalue weighted by Gasteiger charge is -2.22. The summed E-state index contributed by atoms with van der Waals surface area (Å²) in [5.74, 6) is 1.47. The predicted octanol–water partition coefficient (Wildman–Crippen LogP) is 4.58. The summed E-state index contributed by atoms with van der Waals surface area (Å²) < 4.78 is 0. The zero-order valence-corrected chi connectivity index (χ0v) is 14.8. The monoisotopic (exact) mass is 338 g/mol. The summed E-state index contributed by atoms with van der Waals surface area (Å²) in [6, 6.07) is 10.6. The van der Waals surface area contributed by atoms with Crippen molar-refractivity contribution in [3.05, 3.63) is 46.6 Å². The molecule has 0 saturated heterocycles.